The van der Waals surface area contributed by atoms with Crippen molar-refractivity contribution in [1.29, 1.82) is 0 Å². The van der Waals surface area contributed by atoms with Gasteiger partial charge in [-0.1, -0.05) is 25.9 Å². The molecule has 102 valence electrons. The highest BCUT2D eigenvalue weighted by atomic mass is 28.4. The maximum absolute atomic E-state index is 6.44. The van der Waals surface area contributed by atoms with E-state index in [0.29, 0.717) is 5.95 Å². The third kappa shape index (κ3) is 2.56. The lowest BCUT2D eigenvalue weighted by Crippen LogP contribution is -2.47. The van der Waals surface area contributed by atoms with Gasteiger partial charge in [-0.3, -0.25) is 0 Å². The zero-order chi connectivity index (χ0) is 13.4. The first kappa shape index (κ1) is 13.5. The number of nitrogens with one attached hydrogen (secondary N) is 1. The molecule has 1 aromatic rings. The van der Waals surface area contributed by atoms with Gasteiger partial charge in [-0.25, -0.2) is 0 Å². The van der Waals surface area contributed by atoms with Crippen molar-refractivity contribution in [1.82, 2.24) is 20.6 Å². The summed E-state index contributed by atoms with van der Waals surface area (Å²) >= 11 is 0. The van der Waals surface area contributed by atoms with Gasteiger partial charge in [0.15, 0.2) is 8.32 Å². The molecule has 1 N–H and O–H groups in total. The van der Waals surface area contributed by atoms with E-state index in [-0.39, 0.29) is 11.3 Å². The zero-order valence-electron chi connectivity index (χ0n) is 11.9. The molecule has 0 radical (unpaired) electrons. The summed E-state index contributed by atoms with van der Waals surface area (Å²) < 4.78 is 6.44. The molecule has 0 saturated carbocycles. The van der Waals surface area contributed by atoms with Gasteiger partial charge in [-0.05, 0) is 36.2 Å². The fourth-order valence-corrected chi connectivity index (χ4v) is 3.16. The summed E-state index contributed by atoms with van der Waals surface area (Å²) in [6.07, 6.45) is 2.26. The first-order valence-electron chi connectivity index (χ1n) is 6.49. The number of anilines is 1. The maximum Gasteiger partial charge on any atom is 0.267 e. The number of H-pyrrole nitrogens is 1. The van der Waals surface area contributed by atoms with E-state index in [1.807, 2.05) is 0 Å². The molecular formula is C11H23N5OSi. The normalized spacial score (nSPS) is 21.6. The van der Waals surface area contributed by atoms with E-state index >= 15 is 0 Å². The summed E-state index contributed by atoms with van der Waals surface area (Å²) in [5.41, 5.74) is 0. The van der Waals surface area contributed by atoms with Crippen molar-refractivity contribution in [3.63, 3.8) is 0 Å². The van der Waals surface area contributed by atoms with E-state index in [1.54, 1.807) is 0 Å². The summed E-state index contributed by atoms with van der Waals surface area (Å²) in [7, 11) is -1.75. The monoisotopic (exact) mass is 269 g/mol. The molecule has 1 aliphatic heterocycles. The number of tetrazole rings is 1. The number of rotatable bonds is 3. The molecule has 18 heavy (non-hydrogen) atoms. The van der Waals surface area contributed by atoms with Gasteiger partial charge in [0.2, 0.25) is 0 Å². The molecule has 1 aromatic heterocycles. The Kier molecular flexibility index (Phi) is 3.46. The highest BCUT2D eigenvalue weighted by Gasteiger charge is 2.42. The molecule has 1 aliphatic rings. The SMILES string of the molecule is CC(C)(C)[Si](C)(C)OC1CCCN1c1nn[nH]n1. The average molecular weight is 269 g/mol. The van der Waals surface area contributed by atoms with Crippen LogP contribution in [0.3, 0.4) is 0 Å². The Bertz CT molecular complexity index is 387. The summed E-state index contributed by atoms with van der Waals surface area (Å²) in [6.45, 7) is 12.3. The molecule has 0 bridgehead atoms. The molecule has 0 aromatic carbocycles. The standard InChI is InChI=1S/C11H23N5OSi/c1-11(2,3)18(4,5)17-9-7-6-8-16(9)10-12-14-15-13-10/h9H,6-8H2,1-5H3,(H,12,13,14,15). The van der Waals surface area contributed by atoms with Gasteiger partial charge < -0.3 is 9.33 Å². The number of hydrogen-bond acceptors (Lipinski definition) is 5. The van der Waals surface area contributed by atoms with Crippen molar-refractivity contribution in [2.45, 2.75) is 58.0 Å². The Morgan fingerprint density at radius 3 is 2.67 bits per heavy atom. The molecule has 0 amide bonds. The van der Waals surface area contributed by atoms with Crippen LogP contribution in [0.4, 0.5) is 5.95 Å². The minimum Gasteiger partial charge on any atom is -0.397 e. The number of aromatic nitrogens is 4. The van der Waals surface area contributed by atoms with Crippen LogP contribution >= 0.6 is 0 Å². The van der Waals surface area contributed by atoms with Crippen molar-refractivity contribution in [2.24, 2.45) is 0 Å². The van der Waals surface area contributed by atoms with Crippen LogP contribution in [0.2, 0.25) is 18.1 Å². The fraction of sp³-hybridized carbons (Fsp3) is 0.909. The molecular weight excluding hydrogens is 246 g/mol. The Morgan fingerprint density at radius 1 is 1.39 bits per heavy atom. The Morgan fingerprint density at radius 2 is 2.11 bits per heavy atom. The van der Waals surface area contributed by atoms with Crippen molar-refractivity contribution in [3.05, 3.63) is 0 Å². The number of nitrogens with zero attached hydrogens (tertiary/aromatic N) is 4. The van der Waals surface area contributed by atoms with E-state index in [4.69, 9.17) is 4.43 Å². The second-order valence-electron chi connectivity index (χ2n) is 6.38. The summed E-state index contributed by atoms with van der Waals surface area (Å²) in [5, 5.41) is 14.5. The van der Waals surface area contributed by atoms with Gasteiger partial charge in [0.05, 0.1) is 0 Å². The predicted molar refractivity (Wildman–Crippen MR) is 72.8 cm³/mol. The van der Waals surface area contributed by atoms with Crippen LogP contribution in [-0.4, -0.2) is 41.7 Å². The van der Waals surface area contributed by atoms with Gasteiger partial charge >= 0.3 is 0 Å². The molecule has 2 heterocycles. The second-order valence-corrected chi connectivity index (χ2v) is 11.1. The third-order valence-corrected chi connectivity index (χ3v) is 8.50. The molecule has 1 atom stereocenters. The molecule has 7 heteroatoms. The maximum atomic E-state index is 6.44. The molecule has 1 saturated heterocycles. The first-order chi connectivity index (χ1) is 8.31. The minimum atomic E-state index is -1.75. The summed E-state index contributed by atoms with van der Waals surface area (Å²) in [6, 6.07) is 0. The number of hydrogen-bond donors (Lipinski definition) is 1. The lowest BCUT2D eigenvalue weighted by atomic mass is 10.2. The second kappa shape index (κ2) is 4.62. The highest BCUT2D eigenvalue weighted by Crippen LogP contribution is 2.39. The van der Waals surface area contributed by atoms with Crippen molar-refractivity contribution >= 4 is 14.3 Å². The minimum absolute atomic E-state index is 0.100. The molecule has 0 aliphatic carbocycles. The molecule has 1 fully saturated rings. The van der Waals surface area contributed by atoms with Crippen LogP contribution < -0.4 is 4.90 Å². The van der Waals surface area contributed by atoms with E-state index < -0.39 is 8.32 Å². The molecule has 2 rings (SSSR count). The Labute approximate surface area is 109 Å². The quantitative estimate of drug-likeness (QED) is 0.852. The lowest BCUT2D eigenvalue weighted by Gasteiger charge is -2.40. The van der Waals surface area contributed by atoms with Gasteiger partial charge in [0.25, 0.3) is 5.95 Å². The van der Waals surface area contributed by atoms with Crippen LogP contribution in [0.25, 0.3) is 0 Å². The van der Waals surface area contributed by atoms with Gasteiger partial charge in [-0.2, -0.15) is 5.21 Å². The Hall–Kier alpha value is -0.953. The summed E-state index contributed by atoms with van der Waals surface area (Å²) in [5.74, 6) is 0.649. The molecule has 6 nitrogen and oxygen atoms in total. The van der Waals surface area contributed by atoms with Gasteiger partial charge in [0, 0.05) is 6.54 Å². The predicted octanol–water partition coefficient (Wildman–Crippen LogP) is 2.15. The van der Waals surface area contributed by atoms with Crippen LogP contribution in [0, 0.1) is 0 Å². The summed E-state index contributed by atoms with van der Waals surface area (Å²) in [4.78, 5) is 2.12. The smallest absolute Gasteiger partial charge is 0.267 e. The lowest BCUT2D eigenvalue weighted by molar-refractivity contribution is 0.189. The molecule has 0 spiro atoms. The Balaban J connectivity index is 2.09. The third-order valence-electron chi connectivity index (χ3n) is 4.03. The first-order valence-corrected chi connectivity index (χ1v) is 9.40. The largest absolute Gasteiger partial charge is 0.397 e. The number of aromatic amines is 1. The van der Waals surface area contributed by atoms with Crippen LogP contribution in [-0.2, 0) is 4.43 Å². The van der Waals surface area contributed by atoms with Crippen LogP contribution in [0.5, 0.6) is 0 Å². The van der Waals surface area contributed by atoms with E-state index in [0.717, 1.165) is 19.4 Å². The van der Waals surface area contributed by atoms with E-state index in [2.05, 4.69) is 59.4 Å². The van der Waals surface area contributed by atoms with Gasteiger partial charge in [-0.15, -0.1) is 5.10 Å². The van der Waals surface area contributed by atoms with Crippen LogP contribution in [0.15, 0.2) is 0 Å². The van der Waals surface area contributed by atoms with Crippen molar-refractivity contribution in [3.8, 4) is 0 Å². The topological polar surface area (TPSA) is 66.9 Å². The fourth-order valence-electron chi connectivity index (χ4n) is 1.88. The highest BCUT2D eigenvalue weighted by molar-refractivity contribution is 6.74. The zero-order valence-corrected chi connectivity index (χ0v) is 12.9. The van der Waals surface area contributed by atoms with Crippen molar-refractivity contribution < 1.29 is 4.43 Å². The molecule has 1 unspecified atom stereocenters. The van der Waals surface area contributed by atoms with Crippen molar-refractivity contribution in [2.75, 3.05) is 11.4 Å². The van der Waals surface area contributed by atoms with Gasteiger partial charge in [0.1, 0.15) is 6.23 Å². The van der Waals surface area contributed by atoms with E-state index in [1.165, 1.54) is 0 Å². The van der Waals surface area contributed by atoms with Crippen LogP contribution in [0.1, 0.15) is 33.6 Å². The van der Waals surface area contributed by atoms with E-state index in [9.17, 15) is 0 Å². The average Bonchev–Trinajstić information content (AvgIpc) is 2.83.